The van der Waals surface area contributed by atoms with E-state index in [9.17, 15) is 24.8 Å². The molecule has 1 rings (SSSR count). The molecular formula is C11H10NO6-. The van der Waals surface area contributed by atoms with E-state index in [4.69, 9.17) is 4.74 Å². The number of carbonyl (C=O) groups excluding carboxylic acids is 2. The summed E-state index contributed by atoms with van der Waals surface area (Å²) in [5, 5.41) is 20.7. The number of carbonyl (C=O) groups is 2. The summed E-state index contributed by atoms with van der Waals surface area (Å²) in [5.41, 5.74) is -0.385. The van der Waals surface area contributed by atoms with Crippen molar-refractivity contribution in [1.82, 2.24) is 0 Å². The van der Waals surface area contributed by atoms with Gasteiger partial charge < -0.3 is 14.6 Å². The van der Waals surface area contributed by atoms with Crippen molar-refractivity contribution in [3.8, 4) is 5.75 Å². The van der Waals surface area contributed by atoms with Gasteiger partial charge in [-0.25, -0.2) is 0 Å². The molecule has 0 fully saturated rings. The van der Waals surface area contributed by atoms with Gasteiger partial charge in [0.2, 0.25) is 0 Å². The normalized spacial score (nSPS) is 9.78. The van der Waals surface area contributed by atoms with Gasteiger partial charge in [0.25, 0.3) is 5.69 Å². The van der Waals surface area contributed by atoms with Crippen molar-refractivity contribution >= 4 is 17.9 Å². The number of rotatable bonds is 7. The zero-order chi connectivity index (χ0) is 13.5. The monoisotopic (exact) mass is 252 g/mol. The van der Waals surface area contributed by atoms with Crippen molar-refractivity contribution in [3.63, 3.8) is 0 Å². The van der Waals surface area contributed by atoms with E-state index in [0.29, 0.717) is 6.29 Å². The maximum absolute atomic E-state index is 10.7. The van der Waals surface area contributed by atoms with Crippen molar-refractivity contribution in [1.29, 1.82) is 0 Å². The number of ether oxygens (including phenoxy) is 1. The Morgan fingerprint density at radius 1 is 1.44 bits per heavy atom. The van der Waals surface area contributed by atoms with Gasteiger partial charge in [-0.3, -0.25) is 14.9 Å². The molecule has 0 spiro atoms. The van der Waals surface area contributed by atoms with Gasteiger partial charge in [-0.1, -0.05) is 0 Å². The molecular weight excluding hydrogens is 242 g/mol. The van der Waals surface area contributed by atoms with Gasteiger partial charge in [-0.15, -0.1) is 0 Å². The van der Waals surface area contributed by atoms with Crippen molar-refractivity contribution in [2.75, 3.05) is 6.61 Å². The molecule has 1 aromatic carbocycles. The fourth-order valence-electron chi connectivity index (χ4n) is 1.29. The maximum Gasteiger partial charge on any atom is 0.280 e. The van der Waals surface area contributed by atoms with Crippen LogP contribution >= 0.6 is 0 Å². The number of nitro groups is 1. The number of carboxylic acids is 1. The first-order valence-electron chi connectivity index (χ1n) is 5.11. The van der Waals surface area contributed by atoms with E-state index >= 15 is 0 Å². The van der Waals surface area contributed by atoms with Gasteiger partial charge in [-0.2, -0.15) is 0 Å². The Kier molecular flexibility index (Phi) is 4.79. The third-order valence-corrected chi connectivity index (χ3v) is 2.12. The zero-order valence-electron chi connectivity index (χ0n) is 9.33. The second kappa shape index (κ2) is 6.33. The molecule has 96 valence electrons. The Balaban J connectivity index is 2.65. The summed E-state index contributed by atoms with van der Waals surface area (Å²) >= 11 is 0. The average molecular weight is 252 g/mol. The first-order valence-corrected chi connectivity index (χ1v) is 5.11. The lowest BCUT2D eigenvalue weighted by Crippen LogP contribution is -2.22. The van der Waals surface area contributed by atoms with Crippen molar-refractivity contribution in [3.05, 3.63) is 33.9 Å². The van der Waals surface area contributed by atoms with Gasteiger partial charge in [0, 0.05) is 12.0 Å². The lowest BCUT2D eigenvalue weighted by molar-refractivity contribution is -0.385. The second-order valence-corrected chi connectivity index (χ2v) is 3.42. The van der Waals surface area contributed by atoms with Crippen LogP contribution in [0.1, 0.15) is 23.2 Å². The molecule has 0 aliphatic rings. The highest BCUT2D eigenvalue weighted by Gasteiger charge is 2.13. The lowest BCUT2D eigenvalue weighted by Gasteiger charge is -2.07. The quantitative estimate of drug-likeness (QED) is 0.299. The smallest absolute Gasteiger partial charge is 0.280 e. The number of aliphatic carboxylic acids is 1. The van der Waals surface area contributed by atoms with E-state index in [2.05, 4.69) is 0 Å². The molecule has 1 aromatic rings. The molecule has 18 heavy (non-hydrogen) atoms. The Morgan fingerprint density at radius 3 is 2.72 bits per heavy atom. The molecule has 0 aliphatic heterocycles. The fraction of sp³-hybridized carbons (Fsp3) is 0.273. The maximum atomic E-state index is 10.7. The average Bonchev–Trinajstić information content (AvgIpc) is 2.33. The van der Waals surface area contributed by atoms with Crippen LogP contribution in [0.4, 0.5) is 5.69 Å². The van der Waals surface area contributed by atoms with Gasteiger partial charge in [0.15, 0.2) is 6.29 Å². The number of benzene rings is 1. The van der Waals surface area contributed by atoms with E-state index < -0.39 is 10.9 Å². The minimum atomic E-state index is -1.17. The number of aldehydes is 1. The molecule has 0 N–H and O–H groups in total. The predicted molar refractivity (Wildman–Crippen MR) is 58.2 cm³/mol. The molecule has 0 aromatic heterocycles. The third kappa shape index (κ3) is 3.85. The van der Waals surface area contributed by atoms with Crippen LogP contribution in [0.2, 0.25) is 0 Å². The van der Waals surface area contributed by atoms with E-state index in [-0.39, 0.29) is 36.4 Å². The minimum Gasteiger partial charge on any atom is -0.550 e. The number of nitro benzene ring substituents is 1. The Hall–Kier alpha value is -2.44. The molecule has 0 aliphatic carbocycles. The molecule has 0 radical (unpaired) electrons. The van der Waals surface area contributed by atoms with Crippen molar-refractivity contribution < 1.29 is 24.4 Å². The first kappa shape index (κ1) is 13.6. The first-order chi connectivity index (χ1) is 8.54. The van der Waals surface area contributed by atoms with Gasteiger partial charge in [0.05, 0.1) is 17.1 Å². The SMILES string of the molecule is O=Cc1cc(OCCCC(=O)[O-])ccc1[N+](=O)[O-]. The van der Waals surface area contributed by atoms with Gasteiger partial charge >= 0.3 is 0 Å². The van der Waals surface area contributed by atoms with Crippen LogP contribution in [-0.2, 0) is 4.79 Å². The standard InChI is InChI=1S/C11H11NO6/c13-7-8-6-9(3-4-10(8)12(16)17)18-5-1-2-11(14)15/h3-4,6-7H,1-2,5H2,(H,14,15)/p-1. The highest BCUT2D eigenvalue weighted by molar-refractivity contribution is 5.82. The Bertz CT molecular complexity index is 471. The van der Waals surface area contributed by atoms with E-state index in [1.807, 2.05) is 0 Å². The molecule has 0 amide bonds. The van der Waals surface area contributed by atoms with Crippen LogP contribution in [0.3, 0.4) is 0 Å². The number of hydrogen-bond donors (Lipinski definition) is 0. The Morgan fingerprint density at radius 2 is 2.17 bits per heavy atom. The molecule has 0 saturated carbocycles. The highest BCUT2D eigenvalue weighted by Crippen LogP contribution is 2.22. The largest absolute Gasteiger partial charge is 0.550 e. The van der Waals surface area contributed by atoms with Crippen LogP contribution in [-0.4, -0.2) is 23.8 Å². The van der Waals surface area contributed by atoms with Crippen LogP contribution in [0.5, 0.6) is 5.75 Å². The van der Waals surface area contributed by atoms with Crippen molar-refractivity contribution in [2.45, 2.75) is 12.8 Å². The van der Waals surface area contributed by atoms with Crippen LogP contribution in [0, 0.1) is 10.1 Å². The van der Waals surface area contributed by atoms with Crippen molar-refractivity contribution in [2.24, 2.45) is 0 Å². The van der Waals surface area contributed by atoms with Gasteiger partial charge in [-0.05, 0) is 25.0 Å². The molecule has 0 heterocycles. The summed E-state index contributed by atoms with van der Waals surface area (Å²) in [6, 6.07) is 3.76. The summed E-state index contributed by atoms with van der Waals surface area (Å²) < 4.78 is 5.16. The second-order valence-electron chi connectivity index (χ2n) is 3.42. The van der Waals surface area contributed by atoms with Crippen LogP contribution in [0.15, 0.2) is 18.2 Å². The van der Waals surface area contributed by atoms with Crippen LogP contribution < -0.4 is 9.84 Å². The summed E-state index contributed by atoms with van der Waals surface area (Å²) in [6.45, 7) is 0.129. The predicted octanol–water partition coefficient (Wildman–Crippen LogP) is 0.316. The van der Waals surface area contributed by atoms with E-state index in [0.717, 1.165) is 6.07 Å². The lowest BCUT2D eigenvalue weighted by atomic mass is 10.2. The van der Waals surface area contributed by atoms with Gasteiger partial charge in [0.1, 0.15) is 5.75 Å². The summed E-state index contributed by atoms with van der Waals surface area (Å²) in [7, 11) is 0. The number of nitrogens with zero attached hydrogens (tertiary/aromatic N) is 1. The highest BCUT2D eigenvalue weighted by atomic mass is 16.6. The minimum absolute atomic E-state index is 0.0857. The molecule has 0 saturated heterocycles. The van der Waals surface area contributed by atoms with Crippen LogP contribution in [0.25, 0.3) is 0 Å². The van der Waals surface area contributed by atoms with E-state index in [1.165, 1.54) is 12.1 Å². The summed E-state index contributed by atoms with van der Waals surface area (Å²) in [5.74, 6) is -0.892. The Labute approximate surface area is 102 Å². The third-order valence-electron chi connectivity index (χ3n) is 2.12. The molecule has 7 nitrogen and oxygen atoms in total. The molecule has 0 unspecified atom stereocenters. The topological polar surface area (TPSA) is 110 Å². The molecule has 7 heteroatoms. The fourth-order valence-corrected chi connectivity index (χ4v) is 1.29. The summed E-state index contributed by atoms with van der Waals surface area (Å²) in [6.07, 6.45) is 0.495. The summed E-state index contributed by atoms with van der Waals surface area (Å²) in [4.78, 5) is 30.7. The van der Waals surface area contributed by atoms with E-state index in [1.54, 1.807) is 0 Å². The molecule has 0 atom stereocenters. The number of hydrogen-bond acceptors (Lipinski definition) is 6. The number of carboxylic acid groups (broad SMARTS) is 1. The molecule has 0 bridgehead atoms. The zero-order valence-corrected chi connectivity index (χ0v) is 9.33.